The molecule has 0 N–H and O–H groups in total. The minimum absolute atomic E-state index is 0.322. The molecule has 0 radical (unpaired) electrons. The second-order valence-electron chi connectivity index (χ2n) is 7.72. The smallest absolute Gasteiger partial charge is 0.233 e. The Kier molecular flexibility index (Phi) is 9.51. The molecule has 6 nitrogen and oxygen atoms in total. The molecule has 0 atom stereocenters. The van der Waals surface area contributed by atoms with Gasteiger partial charge in [-0.05, 0) is 65.3 Å². The summed E-state index contributed by atoms with van der Waals surface area (Å²) in [6.45, 7) is 2.95. The van der Waals surface area contributed by atoms with Crippen molar-refractivity contribution in [2.45, 2.75) is 12.8 Å². The highest BCUT2D eigenvalue weighted by atomic mass is 16.5. The topological polar surface area (TPSA) is 59.1 Å². The molecule has 0 heterocycles. The van der Waals surface area contributed by atoms with Gasteiger partial charge in [0.15, 0.2) is 0 Å². The lowest BCUT2D eigenvalue weighted by molar-refractivity contribution is 0.0816. The maximum atomic E-state index is 12.7. The monoisotopic (exact) mass is 412 g/mol. The summed E-state index contributed by atoms with van der Waals surface area (Å²) in [7, 11) is 8.03. The van der Waals surface area contributed by atoms with Crippen LogP contribution in [0.25, 0.3) is 0 Å². The van der Waals surface area contributed by atoms with Crippen LogP contribution in [0.2, 0.25) is 0 Å². The molecule has 162 valence electrons. The van der Waals surface area contributed by atoms with Crippen molar-refractivity contribution >= 4 is 11.6 Å². The van der Waals surface area contributed by atoms with Gasteiger partial charge in [0.05, 0.1) is 13.2 Å². The normalized spacial score (nSPS) is 11.0. The highest BCUT2D eigenvalue weighted by Crippen LogP contribution is 2.18. The zero-order valence-corrected chi connectivity index (χ0v) is 18.4. The number of ether oxygens (including phenoxy) is 2. The molecule has 2 aromatic rings. The summed E-state index contributed by atoms with van der Waals surface area (Å²) in [5, 5.41) is 0. The van der Waals surface area contributed by atoms with Gasteiger partial charge in [-0.3, -0.25) is 9.59 Å². The molecular formula is C24H32N2O4. The van der Waals surface area contributed by atoms with Gasteiger partial charge >= 0.3 is 0 Å². The lowest BCUT2D eigenvalue weighted by atomic mass is 10.0. The van der Waals surface area contributed by atoms with E-state index in [4.69, 9.17) is 9.47 Å². The number of rotatable bonds is 13. The molecule has 0 aliphatic carbocycles. The van der Waals surface area contributed by atoms with Crippen LogP contribution in [0.5, 0.6) is 11.5 Å². The third-order valence-corrected chi connectivity index (χ3v) is 4.44. The summed E-state index contributed by atoms with van der Waals surface area (Å²) in [6.07, 6.45) is 1.76. The lowest BCUT2D eigenvalue weighted by Gasteiger charge is -2.11. The van der Waals surface area contributed by atoms with Crippen molar-refractivity contribution in [2.24, 2.45) is 0 Å². The summed E-state index contributed by atoms with van der Waals surface area (Å²) < 4.78 is 11.4. The van der Waals surface area contributed by atoms with Gasteiger partial charge in [0, 0.05) is 24.2 Å². The van der Waals surface area contributed by atoms with Crippen LogP contribution in [-0.4, -0.2) is 75.9 Å². The van der Waals surface area contributed by atoms with Gasteiger partial charge in [0.1, 0.15) is 11.5 Å². The van der Waals surface area contributed by atoms with Gasteiger partial charge in [-0.2, -0.15) is 0 Å². The molecule has 2 rings (SSSR count). The van der Waals surface area contributed by atoms with Crippen LogP contribution in [0.15, 0.2) is 48.5 Å². The predicted molar refractivity (Wildman–Crippen MR) is 119 cm³/mol. The molecule has 0 aliphatic rings. The number of Topliss-reactive ketones (excluding diaryl/α,β-unsaturated/α-hetero) is 2. The summed E-state index contributed by atoms with van der Waals surface area (Å²) in [4.78, 5) is 29.6. The maximum Gasteiger partial charge on any atom is 0.233 e. The molecule has 0 saturated carbocycles. The molecule has 6 heteroatoms. The van der Waals surface area contributed by atoms with E-state index < -0.39 is 11.6 Å². The molecular weight excluding hydrogens is 380 g/mol. The van der Waals surface area contributed by atoms with Crippen LogP contribution >= 0.6 is 0 Å². The fourth-order valence-corrected chi connectivity index (χ4v) is 2.86. The predicted octanol–water partition coefficient (Wildman–Crippen LogP) is 3.41. The second-order valence-corrected chi connectivity index (χ2v) is 7.72. The van der Waals surface area contributed by atoms with Crippen molar-refractivity contribution in [3.05, 3.63) is 59.7 Å². The zero-order chi connectivity index (χ0) is 21.9. The first-order valence-electron chi connectivity index (χ1n) is 10.2. The highest BCUT2D eigenvalue weighted by Gasteiger charge is 2.19. The molecule has 2 aromatic carbocycles. The van der Waals surface area contributed by atoms with E-state index in [0.717, 1.165) is 25.9 Å². The number of nitrogens with zero attached hydrogens (tertiary/aromatic N) is 2. The van der Waals surface area contributed by atoms with Gasteiger partial charge in [0.2, 0.25) is 11.6 Å². The molecule has 0 amide bonds. The lowest BCUT2D eigenvalue weighted by Crippen LogP contribution is -2.16. The third-order valence-electron chi connectivity index (χ3n) is 4.44. The van der Waals surface area contributed by atoms with Crippen molar-refractivity contribution in [3.63, 3.8) is 0 Å². The second kappa shape index (κ2) is 12.1. The van der Waals surface area contributed by atoms with Crippen LogP contribution < -0.4 is 9.47 Å². The largest absolute Gasteiger partial charge is 0.494 e. The number of benzene rings is 2. The van der Waals surface area contributed by atoms with E-state index in [2.05, 4.69) is 9.80 Å². The minimum atomic E-state index is -0.557. The summed E-state index contributed by atoms with van der Waals surface area (Å²) >= 11 is 0. The number of carbonyl (C=O) groups excluding carboxylic acids is 2. The molecule has 0 fully saturated rings. The first kappa shape index (κ1) is 23.6. The molecule has 0 saturated heterocycles. The van der Waals surface area contributed by atoms with Gasteiger partial charge in [-0.25, -0.2) is 0 Å². The Balaban J connectivity index is 1.97. The summed E-state index contributed by atoms with van der Waals surface area (Å²) in [5.41, 5.74) is 0.643. The summed E-state index contributed by atoms with van der Waals surface area (Å²) in [6, 6.07) is 13.5. The van der Waals surface area contributed by atoms with Crippen molar-refractivity contribution in [2.75, 3.05) is 54.5 Å². The Morgan fingerprint density at radius 3 is 1.47 bits per heavy atom. The van der Waals surface area contributed by atoms with Crippen LogP contribution in [0.1, 0.15) is 33.6 Å². The van der Waals surface area contributed by atoms with Crippen molar-refractivity contribution < 1.29 is 19.1 Å². The molecule has 0 spiro atoms. The Morgan fingerprint density at radius 1 is 0.700 bits per heavy atom. The number of ketones is 2. The van der Waals surface area contributed by atoms with Crippen molar-refractivity contribution in [1.82, 2.24) is 9.80 Å². The Morgan fingerprint density at radius 2 is 1.10 bits per heavy atom. The van der Waals surface area contributed by atoms with E-state index >= 15 is 0 Å². The number of hydrogen-bond donors (Lipinski definition) is 0. The van der Waals surface area contributed by atoms with Crippen molar-refractivity contribution in [1.29, 1.82) is 0 Å². The van der Waals surface area contributed by atoms with Crippen LogP contribution in [0.3, 0.4) is 0 Å². The molecule has 0 unspecified atom stereocenters. The van der Waals surface area contributed by atoms with E-state index in [1.807, 2.05) is 28.2 Å². The average Bonchev–Trinajstić information content (AvgIpc) is 2.73. The minimum Gasteiger partial charge on any atom is -0.494 e. The Bertz CT molecular complexity index is 764. The van der Waals surface area contributed by atoms with Crippen molar-refractivity contribution in [3.8, 4) is 11.5 Å². The average molecular weight is 413 g/mol. The number of carbonyl (C=O) groups is 2. The van der Waals surface area contributed by atoms with E-state index in [-0.39, 0.29) is 0 Å². The maximum absolute atomic E-state index is 12.7. The van der Waals surface area contributed by atoms with E-state index in [1.165, 1.54) is 0 Å². The van der Waals surface area contributed by atoms with E-state index in [0.29, 0.717) is 35.8 Å². The summed E-state index contributed by atoms with van der Waals surface area (Å²) in [5.74, 6) is 0.0627. The Hall–Kier alpha value is -2.70. The highest BCUT2D eigenvalue weighted by molar-refractivity contribution is 6.49. The molecule has 0 bridgehead atoms. The van der Waals surface area contributed by atoms with Crippen LogP contribution in [-0.2, 0) is 0 Å². The van der Waals surface area contributed by atoms with Gasteiger partial charge < -0.3 is 19.3 Å². The quantitative estimate of drug-likeness (QED) is 0.285. The zero-order valence-electron chi connectivity index (χ0n) is 18.4. The van der Waals surface area contributed by atoms with E-state index in [1.54, 1.807) is 48.5 Å². The molecule has 30 heavy (non-hydrogen) atoms. The van der Waals surface area contributed by atoms with E-state index in [9.17, 15) is 9.59 Å². The fraction of sp³-hybridized carbons (Fsp3) is 0.417. The first-order chi connectivity index (χ1) is 14.4. The van der Waals surface area contributed by atoms with Crippen LogP contribution in [0, 0.1) is 0 Å². The third kappa shape index (κ3) is 7.97. The van der Waals surface area contributed by atoms with Crippen LogP contribution in [0.4, 0.5) is 0 Å². The number of hydrogen-bond acceptors (Lipinski definition) is 6. The van der Waals surface area contributed by atoms with Gasteiger partial charge in [-0.1, -0.05) is 24.3 Å². The first-order valence-corrected chi connectivity index (χ1v) is 10.2. The standard InChI is InChI=1S/C24H32N2O4/c1-25(2)13-7-15-29-21-11-5-9-19(17-21)23(27)24(28)20-10-6-12-22(18-20)30-16-8-14-26(3)4/h5-6,9-12,17-18H,7-8,13-16H2,1-4H3. The molecule has 0 aromatic heterocycles. The molecule has 0 aliphatic heterocycles. The Labute approximate surface area is 179 Å². The SMILES string of the molecule is CN(C)CCCOc1cccc(C(=O)C(=O)c2cccc(OCCCN(C)C)c2)c1. The van der Waals surface area contributed by atoms with Gasteiger partial charge in [0.25, 0.3) is 0 Å². The fourth-order valence-electron chi connectivity index (χ4n) is 2.86. The van der Waals surface area contributed by atoms with Gasteiger partial charge in [-0.15, -0.1) is 0 Å².